The first-order valence-electron chi connectivity index (χ1n) is 7.09. The Bertz CT molecular complexity index is 576. The lowest BCUT2D eigenvalue weighted by atomic mass is 10.2. The first kappa shape index (κ1) is 20.0. The molecule has 1 heterocycles. The van der Waals surface area contributed by atoms with E-state index in [0.29, 0.717) is 22.3 Å². The van der Waals surface area contributed by atoms with Gasteiger partial charge >= 0.3 is 6.09 Å². The van der Waals surface area contributed by atoms with Crippen molar-refractivity contribution in [2.75, 3.05) is 18.5 Å². The molecule has 2 N–H and O–H groups in total. The molecule has 0 saturated carbocycles. The summed E-state index contributed by atoms with van der Waals surface area (Å²) >= 11 is 29.5. The Balaban J connectivity index is 1.94. The summed E-state index contributed by atoms with van der Waals surface area (Å²) in [6.45, 7) is 0.816. The maximum atomic E-state index is 11.9. The van der Waals surface area contributed by atoms with Gasteiger partial charge in [0.05, 0.1) is 16.1 Å². The van der Waals surface area contributed by atoms with Crippen molar-refractivity contribution >= 4 is 69.8 Å². The molecule has 1 saturated heterocycles. The highest BCUT2D eigenvalue weighted by Crippen LogP contribution is 2.32. The van der Waals surface area contributed by atoms with E-state index >= 15 is 0 Å². The van der Waals surface area contributed by atoms with Gasteiger partial charge in [0.25, 0.3) is 0 Å². The average Bonchev–Trinajstić information content (AvgIpc) is 3.00. The molecule has 5 nitrogen and oxygen atoms in total. The van der Waals surface area contributed by atoms with Crippen LogP contribution in [-0.4, -0.2) is 35.4 Å². The first-order valence-corrected chi connectivity index (χ1v) is 8.98. The van der Waals surface area contributed by atoms with Gasteiger partial charge in [-0.15, -0.1) is 0 Å². The molecule has 1 aromatic carbocycles. The van der Waals surface area contributed by atoms with Gasteiger partial charge in [0.1, 0.15) is 12.8 Å². The standard InChI is InChI=1S/C14H15Cl5N2O3/c15-10-4-3-8(6-11(10)16)20-12(14(17,18)19)21-13(22)24-7-9-2-1-5-23-9/h3-4,6,9,12,20H,1-2,5,7H2,(H,21,22)/t9-,12+/m0/s1. The van der Waals surface area contributed by atoms with E-state index in [9.17, 15) is 4.79 Å². The zero-order chi connectivity index (χ0) is 17.7. The third-order valence-electron chi connectivity index (χ3n) is 3.24. The summed E-state index contributed by atoms with van der Waals surface area (Å²) in [4.78, 5) is 11.9. The summed E-state index contributed by atoms with van der Waals surface area (Å²) in [5, 5.41) is 6.04. The molecule has 0 bridgehead atoms. The fourth-order valence-electron chi connectivity index (χ4n) is 2.06. The van der Waals surface area contributed by atoms with Gasteiger partial charge in [0.2, 0.25) is 3.79 Å². The van der Waals surface area contributed by atoms with E-state index in [1.165, 1.54) is 0 Å². The number of halogens is 5. The lowest BCUT2D eigenvalue weighted by Gasteiger charge is -2.27. The van der Waals surface area contributed by atoms with Crippen LogP contribution in [0.2, 0.25) is 10.0 Å². The normalized spacial score (nSPS) is 19.0. The van der Waals surface area contributed by atoms with Crippen LogP contribution in [0, 0.1) is 0 Å². The fourth-order valence-corrected chi connectivity index (χ4v) is 2.68. The van der Waals surface area contributed by atoms with E-state index in [4.69, 9.17) is 67.5 Å². The quantitative estimate of drug-likeness (QED) is 0.503. The van der Waals surface area contributed by atoms with E-state index in [1.807, 2.05) is 0 Å². The number of carbonyl (C=O) groups is 1. The van der Waals surface area contributed by atoms with Crippen LogP contribution in [0.25, 0.3) is 0 Å². The summed E-state index contributed by atoms with van der Waals surface area (Å²) in [6, 6.07) is 4.76. The molecule has 24 heavy (non-hydrogen) atoms. The minimum Gasteiger partial charge on any atom is -0.447 e. The largest absolute Gasteiger partial charge is 0.447 e. The molecule has 10 heteroatoms. The van der Waals surface area contributed by atoms with Crippen molar-refractivity contribution in [1.29, 1.82) is 0 Å². The van der Waals surface area contributed by atoms with Crippen molar-refractivity contribution in [2.45, 2.75) is 28.9 Å². The summed E-state index contributed by atoms with van der Waals surface area (Å²) in [5.41, 5.74) is 0.514. The number of amides is 1. The third kappa shape index (κ3) is 6.21. The number of ether oxygens (including phenoxy) is 2. The average molecular weight is 437 g/mol. The second kappa shape index (κ2) is 8.88. The Labute approximate surface area is 164 Å². The third-order valence-corrected chi connectivity index (χ3v) is 4.64. The molecule has 0 aromatic heterocycles. The van der Waals surface area contributed by atoms with E-state index in [2.05, 4.69) is 10.6 Å². The molecule has 1 fully saturated rings. The molecular weight excluding hydrogens is 421 g/mol. The predicted octanol–water partition coefficient (Wildman–Crippen LogP) is 5.01. The maximum Gasteiger partial charge on any atom is 0.408 e. The second-order valence-electron chi connectivity index (χ2n) is 5.13. The number of hydrogen-bond donors (Lipinski definition) is 2. The number of rotatable bonds is 5. The van der Waals surface area contributed by atoms with E-state index in [-0.39, 0.29) is 12.7 Å². The van der Waals surface area contributed by atoms with Crippen molar-refractivity contribution in [2.24, 2.45) is 0 Å². The van der Waals surface area contributed by atoms with Gasteiger partial charge in [0, 0.05) is 12.3 Å². The molecule has 0 spiro atoms. The van der Waals surface area contributed by atoms with Crippen LogP contribution in [0.5, 0.6) is 0 Å². The zero-order valence-electron chi connectivity index (χ0n) is 12.3. The van der Waals surface area contributed by atoms with Gasteiger partial charge in [-0.1, -0.05) is 58.0 Å². The zero-order valence-corrected chi connectivity index (χ0v) is 16.1. The molecule has 134 valence electrons. The molecule has 0 aliphatic carbocycles. The summed E-state index contributed by atoms with van der Waals surface area (Å²) in [5.74, 6) is 0. The van der Waals surface area contributed by atoms with Crippen molar-refractivity contribution in [3.05, 3.63) is 28.2 Å². The number of alkyl halides is 3. The van der Waals surface area contributed by atoms with Gasteiger partial charge in [0.15, 0.2) is 0 Å². The highest BCUT2D eigenvalue weighted by Gasteiger charge is 2.34. The molecule has 2 rings (SSSR count). The Kier molecular flexibility index (Phi) is 7.40. The second-order valence-corrected chi connectivity index (χ2v) is 8.31. The predicted molar refractivity (Wildman–Crippen MR) is 97.6 cm³/mol. The Morgan fingerprint density at radius 3 is 2.67 bits per heavy atom. The number of alkyl carbamates (subject to hydrolysis) is 1. The lowest BCUT2D eigenvalue weighted by Crippen LogP contribution is -2.49. The minimum absolute atomic E-state index is 0.0926. The Morgan fingerprint density at radius 1 is 1.33 bits per heavy atom. The van der Waals surface area contributed by atoms with Crippen LogP contribution in [0.1, 0.15) is 12.8 Å². The molecule has 0 unspecified atom stereocenters. The number of carbonyl (C=O) groups excluding carboxylic acids is 1. The maximum absolute atomic E-state index is 11.9. The minimum atomic E-state index is -1.82. The Hall–Kier alpha value is -0.300. The van der Waals surface area contributed by atoms with Crippen LogP contribution in [0.4, 0.5) is 10.5 Å². The Morgan fingerprint density at radius 2 is 2.08 bits per heavy atom. The van der Waals surface area contributed by atoms with Crippen LogP contribution >= 0.6 is 58.0 Å². The SMILES string of the molecule is O=C(N[C@@H](Nc1ccc(Cl)c(Cl)c1)C(Cl)(Cl)Cl)OC[C@@H]1CCCO1. The van der Waals surface area contributed by atoms with E-state index < -0.39 is 16.1 Å². The van der Waals surface area contributed by atoms with Crippen molar-refractivity contribution in [1.82, 2.24) is 5.32 Å². The smallest absolute Gasteiger partial charge is 0.408 e. The molecule has 0 radical (unpaired) electrons. The molecule has 2 atom stereocenters. The topological polar surface area (TPSA) is 59.6 Å². The number of hydrogen-bond acceptors (Lipinski definition) is 4. The van der Waals surface area contributed by atoms with Crippen molar-refractivity contribution in [3.63, 3.8) is 0 Å². The number of benzene rings is 1. The molecule has 1 aliphatic rings. The molecule has 1 aliphatic heterocycles. The van der Waals surface area contributed by atoms with E-state index in [1.54, 1.807) is 18.2 Å². The van der Waals surface area contributed by atoms with Crippen molar-refractivity contribution < 1.29 is 14.3 Å². The first-order chi connectivity index (χ1) is 11.3. The van der Waals surface area contributed by atoms with Crippen LogP contribution in [-0.2, 0) is 9.47 Å². The van der Waals surface area contributed by atoms with Crippen LogP contribution in [0.15, 0.2) is 18.2 Å². The number of anilines is 1. The van der Waals surface area contributed by atoms with Gasteiger partial charge in [-0.2, -0.15) is 0 Å². The van der Waals surface area contributed by atoms with Gasteiger partial charge in [-0.3, -0.25) is 5.32 Å². The summed E-state index contributed by atoms with van der Waals surface area (Å²) < 4.78 is 8.64. The molecule has 1 aromatic rings. The number of nitrogens with one attached hydrogen (secondary N) is 2. The van der Waals surface area contributed by atoms with Crippen molar-refractivity contribution in [3.8, 4) is 0 Å². The highest BCUT2D eigenvalue weighted by atomic mass is 35.6. The lowest BCUT2D eigenvalue weighted by molar-refractivity contribution is 0.0432. The van der Waals surface area contributed by atoms with E-state index in [0.717, 1.165) is 12.8 Å². The van der Waals surface area contributed by atoms with Crippen LogP contribution < -0.4 is 10.6 Å². The summed E-state index contributed by atoms with van der Waals surface area (Å²) in [7, 11) is 0. The monoisotopic (exact) mass is 434 g/mol. The summed E-state index contributed by atoms with van der Waals surface area (Å²) in [6.07, 6.45) is -0.0651. The van der Waals surface area contributed by atoms with Gasteiger partial charge < -0.3 is 14.8 Å². The van der Waals surface area contributed by atoms with Gasteiger partial charge in [-0.25, -0.2) is 4.79 Å². The fraction of sp³-hybridized carbons (Fsp3) is 0.500. The molecule has 1 amide bonds. The van der Waals surface area contributed by atoms with Crippen LogP contribution in [0.3, 0.4) is 0 Å². The van der Waals surface area contributed by atoms with Gasteiger partial charge in [-0.05, 0) is 31.0 Å². The highest BCUT2D eigenvalue weighted by molar-refractivity contribution is 6.68. The molecular formula is C14H15Cl5N2O3.